The van der Waals surface area contributed by atoms with Crippen molar-refractivity contribution in [3.05, 3.63) is 48.4 Å². The maximum atomic E-state index is 13.0. The number of aromatic nitrogens is 2. The predicted octanol–water partition coefficient (Wildman–Crippen LogP) is 3.62. The van der Waals surface area contributed by atoms with Gasteiger partial charge in [0.25, 0.3) is 5.91 Å². The van der Waals surface area contributed by atoms with Gasteiger partial charge < -0.3 is 4.90 Å². The molecule has 0 spiro atoms. The number of carbonyl (C=O) groups excluding carboxylic acids is 1. The van der Waals surface area contributed by atoms with Crippen molar-refractivity contribution in [1.29, 1.82) is 0 Å². The van der Waals surface area contributed by atoms with E-state index in [4.69, 9.17) is 0 Å². The van der Waals surface area contributed by atoms with Crippen LogP contribution in [0.25, 0.3) is 11.3 Å². The van der Waals surface area contributed by atoms with Gasteiger partial charge in [0.15, 0.2) is 0 Å². The smallest absolute Gasteiger partial charge is 0.253 e. The summed E-state index contributed by atoms with van der Waals surface area (Å²) in [6.45, 7) is 3.82. The highest BCUT2D eigenvalue weighted by atomic mass is 16.2. The normalized spacial score (nSPS) is 19.6. The molecule has 1 aromatic heterocycles. The molecule has 0 radical (unpaired) electrons. The van der Waals surface area contributed by atoms with Crippen LogP contribution < -0.4 is 0 Å². The van der Waals surface area contributed by atoms with Crippen LogP contribution in [0.1, 0.15) is 48.9 Å². The summed E-state index contributed by atoms with van der Waals surface area (Å²) in [5.74, 6) is 0.145. The molecule has 4 rings (SSSR count). The standard InChI is InChI=1S/C22H28N4O/c27-22(19-9-7-18(8-10-19)21-17-23-11-12-24-21)26-14-4-13-25(15-16-26)20-5-2-1-3-6-20/h7-12,17,20H,1-6,13-16H2. The zero-order valence-electron chi connectivity index (χ0n) is 15.9. The Morgan fingerprint density at radius 3 is 2.44 bits per heavy atom. The second-order valence-corrected chi connectivity index (χ2v) is 7.64. The summed E-state index contributed by atoms with van der Waals surface area (Å²) >= 11 is 0. The predicted molar refractivity (Wildman–Crippen MR) is 106 cm³/mol. The highest BCUT2D eigenvalue weighted by molar-refractivity contribution is 5.94. The summed E-state index contributed by atoms with van der Waals surface area (Å²) in [5.41, 5.74) is 2.57. The van der Waals surface area contributed by atoms with Crippen molar-refractivity contribution >= 4 is 5.91 Å². The second-order valence-electron chi connectivity index (χ2n) is 7.64. The fraction of sp³-hybridized carbons (Fsp3) is 0.500. The fourth-order valence-corrected chi connectivity index (χ4v) is 4.37. The molecule has 2 aliphatic rings. The maximum Gasteiger partial charge on any atom is 0.253 e. The van der Waals surface area contributed by atoms with Crippen molar-refractivity contribution in [2.45, 2.75) is 44.6 Å². The first kappa shape index (κ1) is 18.1. The van der Waals surface area contributed by atoms with E-state index in [1.807, 2.05) is 29.2 Å². The third-order valence-corrected chi connectivity index (χ3v) is 5.90. The minimum Gasteiger partial charge on any atom is -0.337 e. The van der Waals surface area contributed by atoms with Gasteiger partial charge in [-0.3, -0.25) is 19.7 Å². The molecule has 1 aromatic carbocycles. The minimum absolute atomic E-state index is 0.145. The highest BCUT2D eigenvalue weighted by Crippen LogP contribution is 2.24. The van der Waals surface area contributed by atoms with E-state index in [-0.39, 0.29) is 5.91 Å². The Kier molecular flexibility index (Phi) is 5.78. The number of hydrogen-bond donors (Lipinski definition) is 0. The van der Waals surface area contributed by atoms with E-state index in [2.05, 4.69) is 14.9 Å². The molecule has 2 aromatic rings. The molecule has 1 saturated carbocycles. The van der Waals surface area contributed by atoms with Crippen molar-refractivity contribution in [3.8, 4) is 11.3 Å². The molecule has 5 nitrogen and oxygen atoms in total. The van der Waals surface area contributed by atoms with Gasteiger partial charge in [-0.15, -0.1) is 0 Å². The molecule has 27 heavy (non-hydrogen) atoms. The van der Waals surface area contributed by atoms with Gasteiger partial charge in [-0.1, -0.05) is 31.4 Å². The fourth-order valence-electron chi connectivity index (χ4n) is 4.37. The van der Waals surface area contributed by atoms with E-state index >= 15 is 0 Å². The Hall–Kier alpha value is -2.27. The molecule has 1 amide bonds. The van der Waals surface area contributed by atoms with E-state index < -0.39 is 0 Å². The average Bonchev–Trinajstić information content (AvgIpc) is 3.01. The monoisotopic (exact) mass is 364 g/mol. The number of rotatable bonds is 3. The largest absolute Gasteiger partial charge is 0.337 e. The molecule has 0 atom stereocenters. The molecule has 0 bridgehead atoms. The molecule has 142 valence electrons. The SMILES string of the molecule is O=C(c1ccc(-c2cnccn2)cc1)N1CCCN(C2CCCCC2)CC1. The maximum absolute atomic E-state index is 13.0. The van der Waals surface area contributed by atoms with Crippen LogP contribution in [0.2, 0.25) is 0 Å². The van der Waals surface area contributed by atoms with Crippen molar-refractivity contribution in [1.82, 2.24) is 19.8 Å². The quantitative estimate of drug-likeness (QED) is 0.835. The van der Waals surface area contributed by atoms with Crippen LogP contribution in [-0.4, -0.2) is 57.9 Å². The molecule has 1 aliphatic heterocycles. The number of amides is 1. The first-order valence-corrected chi connectivity index (χ1v) is 10.2. The summed E-state index contributed by atoms with van der Waals surface area (Å²) in [6, 6.07) is 8.49. The first-order valence-electron chi connectivity index (χ1n) is 10.2. The Balaban J connectivity index is 1.39. The van der Waals surface area contributed by atoms with Crippen molar-refractivity contribution < 1.29 is 4.79 Å². The van der Waals surface area contributed by atoms with Gasteiger partial charge in [0.05, 0.1) is 11.9 Å². The Morgan fingerprint density at radius 1 is 0.889 bits per heavy atom. The van der Waals surface area contributed by atoms with Gasteiger partial charge in [0.2, 0.25) is 0 Å². The Morgan fingerprint density at radius 2 is 1.70 bits per heavy atom. The number of hydrogen-bond acceptors (Lipinski definition) is 4. The molecule has 1 saturated heterocycles. The van der Waals surface area contributed by atoms with Crippen LogP contribution in [0.5, 0.6) is 0 Å². The van der Waals surface area contributed by atoms with Gasteiger partial charge in [-0.2, -0.15) is 0 Å². The van der Waals surface area contributed by atoms with Crippen LogP contribution >= 0.6 is 0 Å². The number of carbonyl (C=O) groups is 1. The van der Waals surface area contributed by atoms with Crippen molar-refractivity contribution in [3.63, 3.8) is 0 Å². The van der Waals surface area contributed by atoms with Gasteiger partial charge >= 0.3 is 0 Å². The van der Waals surface area contributed by atoms with Crippen molar-refractivity contribution in [2.75, 3.05) is 26.2 Å². The Bertz CT molecular complexity index is 741. The third-order valence-electron chi connectivity index (χ3n) is 5.90. The van der Waals surface area contributed by atoms with Crippen LogP contribution in [-0.2, 0) is 0 Å². The lowest BCUT2D eigenvalue weighted by molar-refractivity contribution is 0.0755. The lowest BCUT2D eigenvalue weighted by Crippen LogP contribution is -2.40. The van der Waals surface area contributed by atoms with Gasteiger partial charge in [0.1, 0.15) is 0 Å². The van der Waals surface area contributed by atoms with E-state index in [1.165, 1.54) is 32.1 Å². The van der Waals surface area contributed by atoms with E-state index in [0.29, 0.717) is 0 Å². The molecular formula is C22H28N4O. The van der Waals surface area contributed by atoms with Crippen LogP contribution in [0.3, 0.4) is 0 Å². The average molecular weight is 364 g/mol. The molecule has 0 unspecified atom stereocenters. The number of benzene rings is 1. The summed E-state index contributed by atoms with van der Waals surface area (Å²) in [6.07, 6.45) is 12.9. The lowest BCUT2D eigenvalue weighted by atomic mass is 9.94. The minimum atomic E-state index is 0.145. The molecule has 1 aliphatic carbocycles. The second kappa shape index (κ2) is 8.61. The zero-order chi connectivity index (χ0) is 18.5. The van der Waals surface area contributed by atoms with Crippen LogP contribution in [0, 0.1) is 0 Å². The van der Waals surface area contributed by atoms with E-state index in [1.54, 1.807) is 18.6 Å². The highest BCUT2D eigenvalue weighted by Gasteiger charge is 2.25. The molecule has 2 heterocycles. The Labute approximate surface area is 161 Å². The summed E-state index contributed by atoms with van der Waals surface area (Å²) < 4.78 is 0. The summed E-state index contributed by atoms with van der Waals surface area (Å²) in [4.78, 5) is 26.0. The van der Waals surface area contributed by atoms with Crippen LogP contribution in [0.4, 0.5) is 0 Å². The van der Waals surface area contributed by atoms with Gasteiger partial charge in [-0.05, 0) is 31.4 Å². The van der Waals surface area contributed by atoms with E-state index in [9.17, 15) is 4.79 Å². The topological polar surface area (TPSA) is 49.3 Å². The molecular weight excluding hydrogens is 336 g/mol. The van der Waals surface area contributed by atoms with Crippen molar-refractivity contribution in [2.24, 2.45) is 0 Å². The summed E-state index contributed by atoms with van der Waals surface area (Å²) in [7, 11) is 0. The molecule has 2 fully saturated rings. The zero-order valence-corrected chi connectivity index (χ0v) is 15.9. The van der Waals surface area contributed by atoms with Crippen LogP contribution in [0.15, 0.2) is 42.9 Å². The van der Waals surface area contributed by atoms with Gasteiger partial charge in [0, 0.05) is 55.7 Å². The number of nitrogens with zero attached hydrogens (tertiary/aromatic N) is 4. The third kappa shape index (κ3) is 4.35. The summed E-state index contributed by atoms with van der Waals surface area (Å²) in [5, 5.41) is 0. The molecule has 0 N–H and O–H groups in total. The van der Waals surface area contributed by atoms with E-state index in [0.717, 1.165) is 55.5 Å². The lowest BCUT2D eigenvalue weighted by Gasteiger charge is -2.33. The first-order chi connectivity index (χ1) is 13.3. The van der Waals surface area contributed by atoms with Gasteiger partial charge in [-0.25, -0.2) is 0 Å². The molecule has 5 heteroatoms.